The summed E-state index contributed by atoms with van der Waals surface area (Å²) in [6, 6.07) is 69.7. The molecule has 0 aliphatic rings. The van der Waals surface area contributed by atoms with Crippen LogP contribution in [-0.4, -0.2) is 4.57 Å². The highest BCUT2D eigenvalue weighted by Crippen LogP contribution is 2.48. The van der Waals surface area contributed by atoms with E-state index < -0.39 is 7.14 Å². The Morgan fingerprint density at radius 1 is 0.305 bits per heavy atom. The van der Waals surface area contributed by atoms with E-state index >= 15 is 4.57 Å². The van der Waals surface area contributed by atoms with Gasteiger partial charge < -0.3 is 9.13 Å². The zero-order valence-corrected chi connectivity index (χ0v) is 34.1. The van der Waals surface area contributed by atoms with Gasteiger partial charge in [0.2, 0.25) is 0 Å². The van der Waals surface area contributed by atoms with Gasteiger partial charge in [-0.05, 0) is 111 Å². The Balaban J connectivity index is 1.14. The van der Waals surface area contributed by atoms with Gasteiger partial charge in [0.25, 0.3) is 0 Å². The number of para-hydroxylation sites is 1. The van der Waals surface area contributed by atoms with E-state index in [1.54, 1.807) is 22.7 Å². The fourth-order valence-electron chi connectivity index (χ4n) is 9.72. The predicted molar refractivity (Wildman–Crippen MR) is 258 cm³/mol. The number of nitrogens with zero attached hydrogens (tertiary/aromatic N) is 1. The fourth-order valence-corrected chi connectivity index (χ4v) is 14.6. The van der Waals surface area contributed by atoms with Crippen molar-refractivity contribution in [1.82, 2.24) is 4.57 Å². The predicted octanol–water partition coefficient (Wildman–Crippen LogP) is 14.6. The summed E-state index contributed by atoms with van der Waals surface area (Å²) in [5.74, 6) is 0. The highest BCUT2D eigenvalue weighted by Gasteiger charge is 2.32. The average molecular weight is 806 g/mol. The highest BCUT2D eigenvalue weighted by molar-refractivity contribution is 7.85. The summed E-state index contributed by atoms with van der Waals surface area (Å²) in [5.41, 5.74) is 3.24. The Kier molecular flexibility index (Phi) is 7.07. The molecule has 13 rings (SSSR count). The molecule has 0 saturated carbocycles. The second-order valence-electron chi connectivity index (χ2n) is 15.5. The summed E-state index contributed by atoms with van der Waals surface area (Å²) in [5, 5.41) is 17.0. The zero-order valence-electron chi connectivity index (χ0n) is 31.6. The first-order valence-corrected chi connectivity index (χ1v) is 23.3. The molecule has 0 radical (unpaired) electrons. The van der Waals surface area contributed by atoms with Crippen molar-refractivity contribution in [3.8, 4) is 5.69 Å². The van der Waals surface area contributed by atoms with Gasteiger partial charge in [0.15, 0.2) is 7.14 Å². The smallest absolute Gasteiger partial charge is 0.171 e. The third-order valence-electron chi connectivity index (χ3n) is 12.4. The second-order valence-corrected chi connectivity index (χ2v) is 20.5. The molecule has 0 saturated heterocycles. The Hall–Kier alpha value is -6.55. The second kappa shape index (κ2) is 12.5. The molecule has 0 spiro atoms. The molecular weight excluding hydrogens is 774 g/mol. The van der Waals surface area contributed by atoms with Crippen LogP contribution in [0.25, 0.3) is 100 Å². The molecule has 2 nitrogen and oxygen atoms in total. The van der Waals surface area contributed by atoms with E-state index in [2.05, 4.69) is 199 Å². The normalized spacial score (nSPS) is 12.5. The van der Waals surface area contributed by atoms with Gasteiger partial charge in [0, 0.05) is 72.7 Å². The lowest BCUT2D eigenvalue weighted by Gasteiger charge is -2.21. The first-order valence-electron chi connectivity index (χ1n) is 19.9. The van der Waals surface area contributed by atoms with Gasteiger partial charge >= 0.3 is 0 Å². The highest BCUT2D eigenvalue weighted by atomic mass is 32.1. The number of benzene rings is 10. The Morgan fingerprint density at radius 2 is 0.729 bits per heavy atom. The summed E-state index contributed by atoms with van der Waals surface area (Å²) < 4.78 is 24.1. The zero-order chi connectivity index (χ0) is 38.8. The van der Waals surface area contributed by atoms with Crippen molar-refractivity contribution in [1.29, 1.82) is 0 Å². The SMILES string of the molecule is O=P(c1ccc2sc3ccccc3c2c1)(c1ccc2sc3ccccc3c2c1)c1ccc2c3cc4c5ccccc5c5ccccc5c4cc3n(-c3ccccc3)c2c1. The van der Waals surface area contributed by atoms with Gasteiger partial charge in [-0.2, -0.15) is 0 Å². The number of hydrogen-bond donors (Lipinski definition) is 0. The molecule has 0 fully saturated rings. The van der Waals surface area contributed by atoms with E-state index in [1.165, 1.54) is 67.3 Å². The van der Waals surface area contributed by atoms with Crippen LogP contribution in [0.4, 0.5) is 0 Å². The molecule has 13 aromatic rings. The molecule has 0 aliphatic carbocycles. The summed E-state index contributed by atoms with van der Waals surface area (Å²) in [6.07, 6.45) is 0. The van der Waals surface area contributed by atoms with E-state index in [0.717, 1.165) is 48.8 Å². The number of aromatic nitrogens is 1. The van der Waals surface area contributed by atoms with E-state index in [4.69, 9.17) is 0 Å². The molecule has 0 unspecified atom stereocenters. The lowest BCUT2D eigenvalue weighted by Crippen LogP contribution is -2.25. The van der Waals surface area contributed by atoms with Gasteiger partial charge in [-0.15, -0.1) is 22.7 Å². The van der Waals surface area contributed by atoms with Crippen molar-refractivity contribution < 1.29 is 4.57 Å². The summed E-state index contributed by atoms with van der Waals surface area (Å²) in [4.78, 5) is 0. The van der Waals surface area contributed by atoms with Crippen LogP contribution in [0.15, 0.2) is 194 Å². The molecule has 3 aromatic heterocycles. The number of rotatable bonds is 4. The standard InChI is InChI=1S/C54H32NOPS2/c56-57(34-23-26-53-47(28-34)42-18-8-10-20-51(42)58-53,35-24-27-54-48(29-35)43-19-9-11-21-52(43)59-54)36-22-25-41-46-31-44-39-16-6-4-14-37(39)38-15-5-7-17-40(38)45(44)32-50(46)55(49(41)30-36)33-12-2-1-3-13-33/h1-32H. The van der Waals surface area contributed by atoms with E-state index in [-0.39, 0.29) is 0 Å². The van der Waals surface area contributed by atoms with Crippen molar-refractivity contribution in [3.63, 3.8) is 0 Å². The minimum atomic E-state index is -3.46. The van der Waals surface area contributed by atoms with Crippen LogP contribution in [0.1, 0.15) is 0 Å². The summed E-state index contributed by atoms with van der Waals surface area (Å²) >= 11 is 3.58. The van der Waals surface area contributed by atoms with Gasteiger partial charge in [0.1, 0.15) is 0 Å². The van der Waals surface area contributed by atoms with Crippen LogP contribution in [0.3, 0.4) is 0 Å². The molecule has 3 heterocycles. The molecule has 59 heavy (non-hydrogen) atoms. The summed E-state index contributed by atoms with van der Waals surface area (Å²) in [6.45, 7) is 0. The minimum absolute atomic E-state index is 0.822. The van der Waals surface area contributed by atoms with Gasteiger partial charge in [-0.3, -0.25) is 0 Å². The lowest BCUT2D eigenvalue weighted by atomic mass is 9.93. The number of fused-ring (bicyclic) bond motifs is 15. The van der Waals surface area contributed by atoms with Crippen molar-refractivity contribution in [3.05, 3.63) is 194 Å². The maximum absolute atomic E-state index is 16.8. The first-order chi connectivity index (χ1) is 29.1. The van der Waals surface area contributed by atoms with E-state index in [0.29, 0.717) is 0 Å². The molecular formula is C54H32NOPS2. The molecule has 0 atom stereocenters. The molecule has 0 amide bonds. The fraction of sp³-hybridized carbons (Fsp3) is 0. The van der Waals surface area contributed by atoms with E-state index in [1.807, 2.05) is 0 Å². The molecule has 10 aromatic carbocycles. The molecule has 0 N–H and O–H groups in total. The molecule has 0 bridgehead atoms. The van der Waals surface area contributed by atoms with Crippen molar-refractivity contribution in [2.45, 2.75) is 0 Å². The Morgan fingerprint density at radius 3 is 1.31 bits per heavy atom. The van der Waals surface area contributed by atoms with Crippen LogP contribution in [0.5, 0.6) is 0 Å². The maximum Gasteiger partial charge on any atom is 0.171 e. The topological polar surface area (TPSA) is 22.0 Å². The quantitative estimate of drug-likeness (QED) is 0.128. The largest absolute Gasteiger partial charge is 0.309 e. The molecule has 0 aliphatic heterocycles. The Bertz CT molecular complexity index is 3830. The molecule has 5 heteroatoms. The van der Waals surface area contributed by atoms with Crippen LogP contribution in [-0.2, 0) is 4.57 Å². The third-order valence-corrected chi connectivity index (χ3v) is 17.8. The van der Waals surface area contributed by atoms with Crippen molar-refractivity contribution >= 4 is 140 Å². The maximum atomic E-state index is 16.8. The van der Waals surface area contributed by atoms with Crippen molar-refractivity contribution in [2.75, 3.05) is 0 Å². The van der Waals surface area contributed by atoms with Crippen LogP contribution in [0, 0.1) is 0 Å². The van der Waals surface area contributed by atoms with Gasteiger partial charge in [0.05, 0.1) is 11.0 Å². The lowest BCUT2D eigenvalue weighted by molar-refractivity contribution is 0.592. The van der Waals surface area contributed by atoms with Crippen LogP contribution in [0.2, 0.25) is 0 Å². The number of thiophene rings is 2. The molecule has 276 valence electrons. The number of hydrogen-bond acceptors (Lipinski definition) is 3. The Labute approximate surface area is 347 Å². The van der Waals surface area contributed by atoms with Crippen molar-refractivity contribution in [2.24, 2.45) is 0 Å². The first kappa shape index (κ1) is 33.4. The van der Waals surface area contributed by atoms with Crippen LogP contribution >= 0.6 is 29.8 Å². The van der Waals surface area contributed by atoms with E-state index in [9.17, 15) is 0 Å². The minimum Gasteiger partial charge on any atom is -0.309 e. The van der Waals surface area contributed by atoms with Gasteiger partial charge in [-0.25, -0.2) is 0 Å². The summed E-state index contributed by atoms with van der Waals surface area (Å²) in [7, 11) is -3.46. The van der Waals surface area contributed by atoms with Crippen LogP contribution < -0.4 is 15.9 Å². The monoisotopic (exact) mass is 805 g/mol. The third kappa shape index (κ3) is 4.77. The average Bonchev–Trinajstić information content (AvgIpc) is 3.97. The van der Waals surface area contributed by atoms with Gasteiger partial charge in [-0.1, -0.05) is 115 Å².